The Morgan fingerprint density at radius 2 is 1.19 bits per heavy atom. The fourth-order valence-electron chi connectivity index (χ4n) is 4.18. The third-order valence-corrected chi connectivity index (χ3v) is 6.35. The second-order valence-electron chi connectivity index (χ2n) is 9.32. The van der Waals surface area contributed by atoms with Gasteiger partial charge in [0.15, 0.2) is 5.82 Å². The Hall–Kier alpha value is -1.77. The number of aryl methyl sites for hydroxylation is 2. The summed E-state index contributed by atoms with van der Waals surface area (Å²) < 4.78 is 14.2. The van der Waals surface area contributed by atoms with Crippen molar-refractivity contribution in [1.82, 2.24) is 9.97 Å². The molecule has 0 saturated carbocycles. The van der Waals surface area contributed by atoms with E-state index in [9.17, 15) is 4.39 Å². The summed E-state index contributed by atoms with van der Waals surface area (Å²) in [5, 5.41) is 0. The van der Waals surface area contributed by atoms with Gasteiger partial charge in [-0.25, -0.2) is 14.4 Å². The smallest absolute Gasteiger partial charge is 0.159 e. The third-order valence-electron chi connectivity index (χ3n) is 6.35. The van der Waals surface area contributed by atoms with E-state index in [2.05, 4.69) is 48.1 Å². The highest BCUT2D eigenvalue weighted by Crippen LogP contribution is 2.19. The van der Waals surface area contributed by atoms with Crippen molar-refractivity contribution in [3.05, 3.63) is 47.8 Å². The zero-order valence-electron chi connectivity index (χ0n) is 20.6. The number of aromatic nitrogens is 2. The Morgan fingerprint density at radius 1 is 0.625 bits per heavy atom. The van der Waals surface area contributed by atoms with Crippen LogP contribution in [0, 0.1) is 0 Å². The van der Waals surface area contributed by atoms with Crippen LogP contribution in [0.3, 0.4) is 0 Å². The molecule has 0 unspecified atom stereocenters. The highest BCUT2D eigenvalue weighted by molar-refractivity contribution is 5.55. The predicted molar refractivity (Wildman–Crippen MR) is 136 cm³/mol. The molecule has 0 bridgehead atoms. The van der Waals surface area contributed by atoms with Crippen LogP contribution in [0.15, 0.2) is 36.7 Å². The van der Waals surface area contributed by atoms with Crippen molar-refractivity contribution in [3.63, 3.8) is 0 Å². The van der Waals surface area contributed by atoms with Gasteiger partial charge >= 0.3 is 0 Å². The summed E-state index contributed by atoms with van der Waals surface area (Å²) in [6.07, 6.45) is 21.6. The molecule has 178 valence electrons. The zero-order chi connectivity index (χ0) is 22.9. The maximum absolute atomic E-state index is 14.2. The molecule has 1 atom stereocenters. The third kappa shape index (κ3) is 11.2. The van der Waals surface area contributed by atoms with Gasteiger partial charge in [-0.2, -0.15) is 0 Å². The molecular weight excluding hydrogens is 395 g/mol. The van der Waals surface area contributed by atoms with E-state index < -0.39 is 6.17 Å². The Morgan fingerprint density at radius 3 is 1.81 bits per heavy atom. The molecule has 2 rings (SSSR count). The van der Waals surface area contributed by atoms with E-state index >= 15 is 0 Å². The van der Waals surface area contributed by atoms with Crippen LogP contribution in [0.1, 0.15) is 115 Å². The maximum atomic E-state index is 14.2. The predicted octanol–water partition coefficient (Wildman–Crippen LogP) is 9.07. The normalized spacial score (nSPS) is 12.2. The minimum Gasteiger partial charge on any atom is -0.247 e. The number of rotatable bonds is 18. The number of benzene rings is 1. The van der Waals surface area contributed by atoms with Crippen LogP contribution in [-0.2, 0) is 12.8 Å². The van der Waals surface area contributed by atoms with Crippen molar-refractivity contribution in [2.24, 2.45) is 0 Å². The molecule has 0 aliphatic heterocycles. The monoisotopic (exact) mass is 440 g/mol. The first-order valence-corrected chi connectivity index (χ1v) is 13.3. The van der Waals surface area contributed by atoms with E-state index in [1.54, 1.807) is 0 Å². The first-order chi connectivity index (χ1) is 15.7. The average molecular weight is 441 g/mol. The van der Waals surface area contributed by atoms with Gasteiger partial charge in [-0.05, 0) is 43.2 Å². The molecule has 1 aromatic heterocycles. The Balaban J connectivity index is 1.67. The van der Waals surface area contributed by atoms with Gasteiger partial charge in [0, 0.05) is 18.0 Å². The lowest BCUT2D eigenvalue weighted by atomic mass is 10.0. The first-order valence-electron chi connectivity index (χ1n) is 13.3. The second kappa shape index (κ2) is 16.8. The average Bonchev–Trinajstić information content (AvgIpc) is 2.83. The maximum Gasteiger partial charge on any atom is 0.159 e. The number of unbranched alkanes of at least 4 members (excludes halogenated alkanes) is 10. The molecule has 32 heavy (non-hydrogen) atoms. The van der Waals surface area contributed by atoms with Crippen LogP contribution in [-0.4, -0.2) is 16.1 Å². The van der Waals surface area contributed by atoms with Gasteiger partial charge < -0.3 is 0 Å². The lowest BCUT2D eigenvalue weighted by molar-refractivity contribution is 0.287. The highest BCUT2D eigenvalue weighted by Gasteiger charge is 2.08. The molecule has 1 heterocycles. The molecule has 0 aliphatic carbocycles. The van der Waals surface area contributed by atoms with Crippen LogP contribution in [0.25, 0.3) is 11.4 Å². The fraction of sp³-hybridized carbons (Fsp3) is 0.655. The van der Waals surface area contributed by atoms with E-state index in [0.29, 0.717) is 12.8 Å². The Bertz CT molecular complexity index is 696. The summed E-state index contributed by atoms with van der Waals surface area (Å²) in [4.78, 5) is 9.14. The van der Waals surface area contributed by atoms with Gasteiger partial charge in [0.25, 0.3) is 0 Å². The van der Waals surface area contributed by atoms with Crippen LogP contribution < -0.4 is 0 Å². The largest absolute Gasteiger partial charge is 0.247 e. The quantitative estimate of drug-likeness (QED) is 0.216. The summed E-state index contributed by atoms with van der Waals surface area (Å²) in [7, 11) is 0. The van der Waals surface area contributed by atoms with E-state index in [4.69, 9.17) is 0 Å². The van der Waals surface area contributed by atoms with Crippen LogP contribution in [0.2, 0.25) is 0 Å². The molecule has 1 aromatic carbocycles. The molecule has 2 nitrogen and oxygen atoms in total. The van der Waals surface area contributed by atoms with Crippen molar-refractivity contribution in [3.8, 4) is 11.4 Å². The number of alkyl halides is 1. The Kier molecular flexibility index (Phi) is 13.9. The summed E-state index contributed by atoms with van der Waals surface area (Å²) >= 11 is 0. The molecule has 0 fully saturated rings. The second-order valence-corrected chi connectivity index (χ2v) is 9.32. The van der Waals surface area contributed by atoms with Gasteiger partial charge in [-0.3, -0.25) is 0 Å². The van der Waals surface area contributed by atoms with Crippen molar-refractivity contribution < 1.29 is 4.39 Å². The zero-order valence-corrected chi connectivity index (χ0v) is 20.6. The van der Waals surface area contributed by atoms with E-state index in [1.807, 2.05) is 12.4 Å². The summed E-state index contributed by atoms with van der Waals surface area (Å²) in [6.45, 7) is 4.48. The lowest BCUT2D eigenvalue weighted by Gasteiger charge is -2.09. The van der Waals surface area contributed by atoms with Crippen LogP contribution >= 0.6 is 0 Å². The van der Waals surface area contributed by atoms with Crippen LogP contribution in [0.5, 0.6) is 0 Å². The number of halogens is 1. The summed E-state index contributed by atoms with van der Waals surface area (Å²) in [6, 6.07) is 8.33. The Labute approximate surface area is 196 Å². The number of nitrogens with zero attached hydrogens (tertiary/aromatic N) is 2. The molecule has 0 aliphatic rings. The van der Waals surface area contributed by atoms with E-state index in [0.717, 1.165) is 30.7 Å². The van der Waals surface area contributed by atoms with Crippen LogP contribution in [0.4, 0.5) is 4.39 Å². The minimum atomic E-state index is -0.677. The minimum absolute atomic E-state index is 0.623. The van der Waals surface area contributed by atoms with Gasteiger partial charge in [0.2, 0.25) is 0 Å². The van der Waals surface area contributed by atoms with Gasteiger partial charge in [-0.1, -0.05) is 109 Å². The SMILES string of the molecule is CCCCCCCCc1cnc(-c2ccc(CC[C@@H](F)CCCCCCCC)cc2)nc1. The van der Waals surface area contributed by atoms with E-state index in [1.165, 1.54) is 81.8 Å². The van der Waals surface area contributed by atoms with Crippen molar-refractivity contribution >= 4 is 0 Å². The lowest BCUT2D eigenvalue weighted by Crippen LogP contribution is -2.02. The molecule has 0 radical (unpaired) electrons. The summed E-state index contributed by atoms with van der Waals surface area (Å²) in [5.74, 6) is 0.773. The first kappa shape index (κ1) is 26.5. The molecule has 0 saturated heterocycles. The number of hydrogen-bond donors (Lipinski definition) is 0. The van der Waals surface area contributed by atoms with Gasteiger partial charge in [-0.15, -0.1) is 0 Å². The van der Waals surface area contributed by atoms with Crippen molar-refractivity contribution in [1.29, 1.82) is 0 Å². The molecular formula is C29H45FN2. The van der Waals surface area contributed by atoms with Gasteiger partial charge in [0.1, 0.15) is 6.17 Å². The van der Waals surface area contributed by atoms with Gasteiger partial charge in [0.05, 0.1) is 0 Å². The number of hydrogen-bond acceptors (Lipinski definition) is 2. The van der Waals surface area contributed by atoms with Crippen molar-refractivity contribution in [2.75, 3.05) is 0 Å². The highest BCUT2D eigenvalue weighted by atomic mass is 19.1. The molecule has 0 spiro atoms. The van der Waals surface area contributed by atoms with E-state index in [-0.39, 0.29) is 0 Å². The summed E-state index contributed by atoms with van der Waals surface area (Å²) in [5.41, 5.74) is 3.45. The van der Waals surface area contributed by atoms with Crippen molar-refractivity contribution in [2.45, 2.75) is 123 Å². The fourth-order valence-corrected chi connectivity index (χ4v) is 4.18. The molecule has 3 heteroatoms. The topological polar surface area (TPSA) is 25.8 Å². The molecule has 2 aromatic rings. The molecule has 0 amide bonds. The standard InChI is InChI=1S/C29H45FN2/c1-3-5-7-9-11-13-15-26-23-31-29(32-24-26)27-20-17-25(18-21-27)19-22-28(30)16-14-12-10-8-6-4-2/h17-18,20-21,23-24,28H,3-16,19,22H2,1-2H3/t28-/m0/s1. The molecule has 0 N–H and O–H groups in total.